The van der Waals surface area contributed by atoms with Crippen LogP contribution in [0, 0.1) is 0 Å². The van der Waals surface area contributed by atoms with Crippen LogP contribution in [0.2, 0.25) is 0 Å². The molecule has 0 aliphatic heterocycles. The number of carbonyl (C=O) groups excluding carboxylic acids is 1. The molecule has 5 heteroatoms. The maximum Gasteiger partial charge on any atom is 0.225 e. The molecule has 1 aromatic heterocycles. The molecule has 0 saturated heterocycles. The quantitative estimate of drug-likeness (QED) is 0.759. The van der Waals surface area contributed by atoms with Crippen LogP contribution in [0.15, 0.2) is 47.1 Å². The summed E-state index contributed by atoms with van der Waals surface area (Å²) in [5, 5.41) is 21.1. The first-order valence-corrected chi connectivity index (χ1v) is 5.90. The second-order valence-corrected chi connectivity index (χ2v) is 4.16. The minimum atomic E-state index is -0.542. The van der Waals surface area contributed by atoms with Crippen molar-refractivity contribution in [3.63, 3.8) is 0 Å². The molecule has 1 atom stereocenters. The molecule has 0 aliphatic rings. The summed E-state index contributed by atoms with van der Waals surface area (Å²) in [6, 6.07) is 9.26. The predicted octanol–water partition coefficient (Wildman–Crippen LogP) is 1.38. The van der Waals surface area contributed by atoms with Crippen molar-refractivity contribution in [3.05, 3.63) is 54.0 Å². The number of amides is 1. The minimum absolute atomic E-state index is 0.160. The largest absolute Gasteiger partial charge is 0.508 e. The summed E-state index contributed by atoms with van der Waals surface area (Å²) in [7, 11) is 0. The Morgan fingerprint density at radius 2 is 2.00 bits per heavy atom. The van der Waals surface area contributed by atoms with Crippen molar-refractivity contribution >= 4 is 5.91 Å². The van der Waals surface area contributed by atoms with Crippen molar-refractivity contribution in [2.75, 3.05) is 6.61 Å². The van der Waals surface area contributed by atoms with E-state index in [-0.39, 0.29) is 24.7 Å². The van der Waals surface area contributed by atoms with Gasteiger partial charge in [-0.05, 0) is 29.8 Å². The highest BCUT2D eigenvalue weighted by Gasteiger charge is 2.16. The van der Waals surface area contributed by atoms with Crippen LogP contribution in [0.3, 0.4) is 0 Å². The molecule has 100 valence electrons. The van der Waals surface area contributed by atoms with Crippen molar-refractivity contribution in [1.82, 2.24) is 5.32 Å². The number of furan rings is 1. The van der Waals surface area contributed by atoms with Crippen molar-refractivity contribution in [2.45, 2.75) is 12.5 Å². The van der Waals surface area contributed by atoms with Gasteiger partial charge in [-0.3, -0.25) is 4.79 Å². The molecular weight excluding hydrogens is 246 g/mol. The lowest BCUT2D eigenvalue weighted by molar-refractivity contribution is -0.121. The molecule has 5 nitrogen and oxygen atoms in total. The highest BCUT2D eigenvalue weighted by atomic mass is 16.3. The Hall–Kier alpha value is -2.27. The average Bonchev–Trinajstić information content (AvgIpc) is 2.92. The van der Waals surface area contributed by atoms with Crippen LogP contribution in [0.25, 0.3) is 0 Å². The first-order valence-electron chi connectivity index (χ1n) is 5.90. The van der Waals surface area contributed by atoms with Gasteiger partial charge in [-0.15, -0.1) is 0 Å². The number of phenolic OH excluding ortho intramolecular Hbond substituents is 1. The summed E-state index contributed by atoms with van der Waals surface area (Å²) >= 11 is 0. The van der Waals surface area contributed by atoms with Crippen LogP contribution in [-0.4, -0.2) is 22.7 Å². The summed E-state index contributed by atoms with van der Waals surface area (Å²) in [6.45, 7) is -0.227. The number of rotatable bonds is 5. The summed E-state index contributed by atoms with van der Waals surface area (Å²) in [5.74, 6) is 0.454. The van der Waals surface area contributed by atoms with Crippen LogP contribution in [0.5, 0.6) is 5.75 Å². The number of nitrogens with one attached hydrogen (secondary N) is 1. The minimum Gasteiger partial charge on any atom is -0.508 e. The molecule has 0 bridgehead atoms. The third-order valence-corrected chi connectivity index (χ3v) is 2.71. The summed E-state index contributed by atoms with van der Waals surface area (Å²) in [4.78, 5) is 11.8. The molecule has 19 heavy (non-hydrogen) atoms. The van der Waals surface area contributed by atoms with E-state index in [0.717, 1.165) is 5.56 Å². The number of aliphatic hydroxyl groups excluding tert-OH is 1. The van der Waals surface area contributed by atoms with Gasteiger partial charge < -0.3 is 19.9 Å². The number of aromatic hydroxyl groups is 1. The fraction of sp³-hybridized carbons (Fsp3) is 0.214. The smallest absolute Gasteiger partial charge is 0.225 e. The molecule has 0 radical (unpaired) electrons. The number of hydrogen-bond acceptors (Lipinski definition) is 4. The second kappa shape index (κ2) is 6.06. The molecule has 1 heterocycles. The van der Waals surface area contributed by atoms with E-state index < -0.39 is 6.04 Å². The Morgan fingerprint density at radius 3 is 2.58 bits per heavy atom. The van der Waals surface area contributed by atoms with Crippen molar-refractivity contribution in [1.29, 1.82) is 0 Å². The summed E-state index contributed by atoms with van der Waals surface area (Å²) in [5.41, 5.74) is 0.784. The number of hydrogen-bond donors (Lipinski definition) is 3. The van der Waals surface area contributed by atoms with E-state index in [0.29, 0.717) is 5.76 Å². The van der Waals surface area contributed by atoms with E-state index in [1.165, 1.54) is 18.4 Å². The topological polar surface area (TPSA) is 82.7 Å². The molecule has 0 spiro atoms. The lowest BCUT2D eigenvalue weighted by Crippen LogP contribution is -2.31. The molecule has 0 saturated carbocycles. The zero-order valence-corrected chi connectivity index (χ0v) is 10.2. The van der Waals surface area contributed by atoms with Crippen LogP contribution >= 0.6 is 0 Å². The standard InChI is InChI=1S/C14H15NO4/c16-9-12(13-2-1-7-19-13)15-14(18)8-10-3-5-11(17)6-4-10/h1-7,12,16-17H,8-9H2,(H,15,18). The average molecular weight is 261 g/mol. The molecule has 2 aromatic rings. The fourth-order valence-corrected chi connectivity index (χ4v) is 1.74. The lowest BCUT2D eigenvalue weighted by Gasteiger charge is -2.13. The second-order valence-electron chi connectivity index (χ2n) is 4.16. The van der Waals surface area contributed by atoms with Crippen molar-refractivity contribution in [3.8, 4) is 5.75 Å². The van der Waals surface area contributed by atoms with Gasteiger partial charge in [0.1, 0.15) is 17.6 Å². The summed E-state index contributed by atoms with van der Waals surface area (Å²) in [6.07, 6.45) is 1.67. The van der Waals surface area contributed by atoms with Crippen LogP contribution in [-0.2, 0) is 11.2 Å². The molecular formula is C14H15NO4. The number of carbonyl (C=O) groups is 1. The lowest BCUT2D eigenvalue weighted by atomic mass is 10.1. The third-order valence-electron chi connectivity index (χ3n) is 2.71. The maximum absolute atomic E-state index is 11.8. The zero-order valence-electron chi connectivity index (χ0n) is 10.2. The van der Waals surface area contributed by atoms with E-state index in [2.05, 4.69) is 5.32 Å². The highest BCUT2D eigenvalue weighted by Crippen LogP contribution is 2.14. The SMILES string of the molecule is O=C(Cc1ccc(O)cc1)NC(CO)c1ccco1. The van der Waals surface area contributed by atoms with E-state index >= 15 is 0 Å². The van der Waals surface area contributed by atoms with Gasteiger partial charge in [0.25, 0.3) is 0 Å². The first kappa shape index (κ1) is 13.2. The van der Waals surface area contributed by atoms with Gasteiger partial charge in [0.15, 0.2) is 0 Å². The Balaban J connectivity index is 1.95. The Morgan fingerprint density at radius 1 is 1.26 bits per heavy atom. The van der Waals surface area contributed by atoms with Gasteiger partial charge in [0.05, 0.1) is 19.3 Å². The highest BCUT2D eigenvalue weighted by molar-refractivity contribution is 5.79. The van der Waals surface area contributed by atoms with Gasteiger partial charge >= 0.3 is 0 Å². The fourth-order valence-electron chi connectivity index (χ4n) is 1.74. The normalized spacial score (nSPS) is 12.1. The molecule has 0 fully saturated rings. The Kier molecular flexibility index (Phi) is 4.20. The monoisotopic (exact) mass is 261 g/mol. The van der Waals surface area contributed by atoms with Crippen molar-refractivity contribution in [2.24, 2.45) is 0 Å². The van der Waals surface area contributed by atoms with E-state index in [9.17, 15) is 9.90 Å². The molecule has 1 unspecified atom stereocenters. The molecule has 1 aromatic carbocycles. The van der Waals surface area contributed by atoms with E-state index in [1.807, 2.05) is 0 Å². The number of benzene rings is 1. The number of aliphatic hydroxyl groups is 1. The van der Waals surface area contributed by atoms with Crippen LogP contribution in [0.4, 0.5) is 0 Å². The first-order chi connectivity index (χ1) is 9.19. The van der Waals surface area contributed by atoms with Crippen molar-refractivity contribution < 1.29 is 19.4 Å². The van der Waals surface area contributed by atoms with Gasteiger partial charge in [-0.2, -0.15) is 0 Å². The molecule has 2 rings (SSSR count). The summed E-state index contributed by atoms with van der Waals surface area (Å²) < 4.78 is 5.15. The van der Waals surface area contributed by atoms with E-state index in [4.69, 9.17) is 9.52 Å². The molecule has 1 amide bonds. The van der Waals surface area contributed by atoms with Gasteiger partial charge in [0, 0.05) is 0 Å². The zero-order chi connectivity index (χ0) is 13.7. The van der Waals surface area contributed by atoms with Gasteiger partial charge in [-0.25, -0.2) is 0 Å². The third kappa shape index (κ3) is 3.59. The van der Waals surface area contributed by atoms with Gasteiger partial charge in [-0.1, -0.05) is 12.1 Å². The van der Waals surface area contributed by atoms with Gasteiger partial charge in [0.2, 0.25) is 5.91 Å². The van der Waals surface area contributed by atoms with Crippen LogP contribution < -0.4 is 5.32 Å². The van der Waals surface area contributed by atoms with E-state index in [1.54, 1.807) is 24.3 Å². The Labute approximate surface area is 110 Å². The Bertz CT molecular complexity index is 519. The predicted molar refractivity (Wildman–Crippen MR) is 68.5 cm³/mol. The maximum atomic E-state index is 11.8. The molecule has 3 N–H and O–H groups in total. The van der Waals surface area contributed by atoms with Crippen LogP contribution in [0.1, 0.15) is 17.4 Å². The number of phenols is 1. The molecule has 0 aliphatic carbocycles.